The zero-order valence-corrected chi connectivity index (χ0v) is 15.5. The van der Waals surface area contributed by atoms with E-state index in [-0.39, 0.29) is 16.3 Å². The van der Waals surface area contributed by atoms with Gasteiger partial charge in [0.1, 0.15) is 5.56 Å². The Hall–Kier alpha value is -2.06. The van der Waals surface area contributed by atoms with Gasteiger partial charge < -0.3 is 19.9 Å². The van der Waals surface area contributed by atoms with Crippen molar-refractivity contribution in [2.75, 3.05) is 31.1 Å². The summed E-state index contributed by atoms with van der Waals surface area (Å²) >= 11 is 1.36. The average Bonchev–Trinajstić information content (AvgIpc) is 2.61. The first kappa shape index (κ1) is 17.4. The molecule has 8 heteroatoms. The highest BCUT2D eigenvalue weighted by Crippen LogP contribution is 2.47. The molecule has 0 bridgehead atoms. The van der Waals surface area contributed by atoms with E-state index in [0.717, 1.165) is 13.1 Å². The van der Waals surface area contributed by atoms with Crippen molar-refractivity contribution < 1.29 is 14.3 Å². The lowest BCUT2D eigenvalue weighted by Crippen LogP contribution is -2.44. The number of fused-ring (bicyclic) bond motifs is 3. The number of aryl methyl sites for hydroxylation is 1. The number of aromatic nitrogens is 1. The fraction of sp³-hybridized carbons (Fsp3) is 0.444. The van der Waals surface area contributed by atoms with Crippen LogP contribution in [0.2, 0.25) is 0 Å². The average molecular weight is 377 g/mol. The number of piperazine rings is 1. The molecule has 2 aliphatic rings. The molecule has 0 radical (unpaired) electrons. The third kappa shape index (κ3) is 2.35. The molecule has 2 aromatic rings. The van der Waals surface area contributed by atoms with Gasteiger partial charge in [0.2, 0.25) is 5.43 Å². The van der Waals surface area contributed by atoms with Crippen LogP contribution in [0.5, 0.6) is 0 Å². The molecule has 1 atom stereocenters. The fourth-order valence-electron chi connectivity index (χ4n) is 3.88. The normalized spacial score (nSPS) is 19.3. The number of benzene rings is 1. The molecule has 0 aliphatic carbocycles. The van der Waals surface area contributed by atoms with Gasteiger partial charge >= 0.3 is 5.97 Å². The summed E-state index contributed by atoms with van der Waals surface area (Å²) in [4.78, 5) is 26.5. The van der Waals surface area contributed by atoms with Gasteiger partial charge in [0.25, 0.3) is 0 Å². The molecule has 0 spiro atoms. The summed E-state index contributed by atoms with van der Waals surface area (Å²) in [5, 5.41) is 13.4. The molecule has 1 fully saturated rings. The Labute approximate surface area is 154 Å². The Morgan fingerprint density at radius 3 is 2.69 bits per heavy atom. The number of rotatable bonds is 3. The number of nitrogens with zero attached hydrogens (tertiary/aromatic N) is 2. The highest BCUT2D eigenvalue weighted by molar-refractivity contribution is 8.00. The predicted molar refractivity (Wildman–Crippen MR) is 100 cm³/mol. The zero-order chi connectivity index (χ0) is 18.6. The number of halogens is 1. The molecule has 1 saturated heterocycles. The maximum absolute atomic E-state index is 15.3. The van der Waals surface area contributed by atoms with E-state index in [2.05, 4.69) is 5.32 Å². The number of carbonyl (C=O) groups is 1. The number of anilines is 1. The van der Waals surface area contributed by atoms with E-state index >= 15 is 4.39 Å². The number of pyridine rings is 1. The predicted octanol–water partition coefficient (Wildman–Crippen LogP) is 2.44. The second-order valence-corrected chi connectivity index (χ2v) is 7.88. The highest BCUT2D eigenvalue weighted by atomic mass is 32.2. The van der Waals surface area contributed by atoms with Gasteiger partial charge in [-0.25, -0.2) is 9.18 Å². The minimum absolute atomic E-state index is 0.0113. The van der Waals surface area contributed by atoms with Crippen molar-refractivity contribution in [2.24, 2.45) is 0 Å². The molecule has 3 heterocycles. The van der Waals surface area contributed by atoms with Crippen LogP contribution in [-0.2, 0) is 6.42 Å². The van der Waals surface area contributed by atoms with Crippen LogP contribution in [0, 0.1) is 5.82 Å². The molecular weight excluding hydrogens is 357 g/mol. The van der Waals surface area contributed by atoms with Gasteiger partial charge in [-0.3, -0.25) is 4.79 Å². The van der Waals surface area contributed by atoms with Crippen molar-refractivity contribution in [1.29, 1.82) is 0 Å². The molecule has 26 heavy (non-hydrogen) atoms. The van der Waals surface area contributed by atoms with Crippen molar-refractivity contribution in [3.8, 4) is 0 Å². The SMILES string of the molecule is CCc1c(F)c(N2CCNCC2)cc2c1c(=O)c(C(=O)O)c1n2C(C)S1. The molecule has 1 unspecified atom stereocenters. The lowest BCUT2D eigenvalue weighted by Gasteiger charge is -2.35. The van der Waals surface area contributed by atoms with Gasteiger partial charge in [0.15, 0.2) is 5.82 Å². The first-order chi connectivity index (χ1) is 12.5. The maximum atomic E-state index is 15.3. The molecule has 1 aromatic heterocycles. The number of nitrogens with one attached hydrogen (secondary N) is 1. The zero-order valence-electron chi connectivity index (χ0n) is 14.6. The Balaban J connectivity index is 2.08. The molecule has 0 saturated carbocycles. The Bertz CT molecular complexity index is 982. The summed E-state index contributed by atoms with van der Waals surface area (Å²) in [6.45, 7) is 6.69. The van der Waals surface area contributed by atoms with Gasteiger partial charge in [-0.05, 0) is 19.4 Å². The van der Waals surface area contributed by atoms with Gasteiger partial charge in [-0.1, -0.05) is 18.7 Å². The lowest BCUT2D eigenvalue weighted by molar-refractivity contribution is 0.0689. The third-order valence-corrected chi connectivity index (χ3v) is 6.31. The third-order valence-electron chi connectivity index (χ3n) is 5.14. The maximum Gasteiger partial charge on any atom is 0.342 e. The van der Waals surface area contributed by atoms with E-state index in [9.17, 15) is 14.7 Å². The summed E-state index contributed by atoms with van der Waals surface area (Å²) in [7, 11) is 0. The standard InChI is InChI=1S/C18H20FN3O3S/c1-3-10-13-11(8-12(15(10)19)21-6-4-20-5-7-21)22-9(2)26-17(22)14(16(13)23)18(24)25/h8-9,20H,3-7H2,1-2H3,(H,24,25). The molecule has 4 rings (SSSR count). The summed E-state index contributed by atoms with van der Waals surface area (Å²) in [6, 6.07) is 1.72. The molecular formula is C18H20FN3O3S. The van der Waals surface area contributed by atoms with E-state index in [1.54, 1.807) is 13.0 Å². The minimum Gasteiger partial charge on any atom is -0.477 e. The van der Waals surface area contributed by atoms with Crippen LogP contribution >= 0.6 is 11.8 Å². The van der Waals surface area contributed by atoms with E-state index in [1.165, 1.54) is 11.8 Å². The van der Waals surface area contributed by atoms with Crippen LogP contribution < -0.4 is 15.6 Å². The van der Waals surface area contributed by atoms with Crippen molar-refractivity contribution >= 4 is 34.3 Å². The Morgan fingerprint density at radius 2 is 2.12 bits per heavy atom. The number of thioether (sulfide) groups is 1. The van der Waals surface area contributed by atoms with Crippen LogP contribution in [0.4, 0.5) is 10.1 Å². The van der Waals surface area contributed by atoms with Gasteiger partial charge in [0.05, 0.1) is 27.0 Å². The molecule has 0 amide bonds. The van der Waals surface area contributed by atoms with Crippen molar-refractivity contribution in [3.63, 3.8) is 0 Å². The summed E-state index contributed by atoms with van der Waals surface area (Å²) in [5.41, 5.74) is 0.610. The topological polar surface area (TPSA) is 74.6 Å². The van der Waals surface area contributed by atoms with E-state index in [0.29, 0.717) is 41.3 Å². The lowest BCUT2D eigenvalue weighted by atomic mass is 10.0. The quantitative estimate of drug-likeness (QED) is 0.856. The first-order valence-electron chi connectivity index (χ1n) is 8.74. The summed E-state index contributed by atoms with van der Waals surface area (Å²) in [6.07, 6.45) is 0.331. The minimum atomic E-state index is -1.26. The Kier molecular flexibility index (Phi) is 4.19. The first-order valence-corrected chi connectivity index (χ1v) is 9.62. The number of hydrogen-bond acceptors (Lipinski definition) is 5. The van der Waals surface area contributed by atoms with Crippen LogP contribution in [0.3, 0.4) is 0 Å². The van der Waals surface area contributed by atoms with Crippen molar-refractivity contribution in [1.82, 2.24) is 9.88 Å². The molecule has 2 N–H and O–H groups in total. The summed E-state index contributed by atoms with van der Waals surface area (Å²) < 4.78 is 17.1. The van der Waals surface area contributed by atoms with E-state index in [4.69, 9.17) is 0 Å². The number of hydrogen-bond donors (Lipinski definition) is 2. The van der Waals surface area contributed by atoms with Crippen molar-refractivity contribution in [2.45, 2.75) is 30.7 Å². The number of carboxylic acid groups (broad SMARTS) is 1. The van der Waals surface area contributed by atoms with Crippen molar-refractivity contribution in [3.05, 3.63) is 33.2 Å². The van der Waals surface area contributed by atoms with E-state index < -0.39 is 17.2 Å². The molecule has 138 valence electrons. The van der Waals surface area contributed by atoms with E-state index in [1.807, 2.05) is 16.4 Å². The molecule has 1 aromatic carbocycles. The monoisotopic (exact) mass is 377 g/mol. The van der Waals surface area contributed by atoms with Crippen LogP contribution in [0.15, 0.2) is 15.9 Å². The smallest absolute Gasteiger partial charge is 0.342 e. The second-order valence-electron chi connectivity index (χ2n) is 6.57. The highest BCUT2D eigenvalue weighted by Gasteiger charge is 2.34. The largest absolute Gasteiger partial charge is 0.477 e. The van der Waals surface area contributed by atoms with Gasteiger partial charge in [-0.15, -0.1) is 0 Å². The van der Waals surface area contributed by atoms with Gasteiger partial charge in [-0.2, -0.15) is 0 Å². The summed E-state index contributed by atoms with van der Waals surface area (Å²) in [5.74, 6) is -1.66. The van der Waals surface area contributed by atoms with Gasteiger partial charge in [0, 0.05) is 31.7 Å². The Morgan fingerprint density at radius 1 is 1.42 bits per heavy atom. The number of carboxylic acids is 1. The fourth-order valence-corrected chi connectivity index (χ4v) is 5.03. The van der Waals surface area contributed by atoms with Crippen LogP contribution in [0.1, 0.15) is 35.1 Å². The number of aromatic carboxylic acids is 1. The molecule has 2 aliphatic heterocycles. The molecule has 6 nitrogen and oxygen atoms in total. The second kappa shape index (κ2) is 6.28. The van der Waals surface area contributed by atoms with Crippen LogP contribution in [0.25, 0.3) is 10.9 Å². The van der Waals surface area contributed by atoms with Crippen LogP contribution in [-0.4, -0.2) is 41.8 Å².